The first-order valence-corrected chi connectivity index (χ1v) is 8.07. The summed E-state index contributed by atoms with van der Waals surface area (Å²) in [6.07, 6.45) is 6.62. The van der Waals surface area contributed by atoms with Gasteiger partial charge < -0.3 is 15.2 Å². The van der Waals surface area contributed by atoms with Crippen molar-refractivity contribution < 1.29 is 9.84 Å². The standard InChI is InChI=1S/C17H28N2O2/c1-13-7-5-9-19-16(13)11-18-10-15(20)12-21-17-8-4-3-6-14(17)2/h5,7,9,14-15,17-18,20H,3-4,6,8,10-12H2,1-2H3. The Labute approximate surface area is 127 Å². The van der Waals surface area contributed by atoms with E-state index in [0.717, 1.165) is 12.1 Å². The van der Waals surface area contributed by atoms with E-state index >= 15 is 0 Å². The average molecular weight is 292 g/mol. The second-order valence-electron chi connectivity index (χ2n) is 6.19. The molecular formula is C17H28N2O2. The number of aryl methyl sites for hydroxylation is 1. The molecule has 0 saturated heterocycles. The van der Waals surface area contributed by atoms with Crippen molar-refractivity contribution in [1.82, 2.24) is 10.3 Å². The van der Waals surface area contributed by atoms with E-state index in [1.54, 1.807) is 6.20 Å². The Morgan fingerprint density at radius 1 is 1.43 bits per heavy atom. The first kappa shape index (κ1) is 16.4. The van der Waals surface area contributed by atoms with Crippen molar-refractivity contribution >= 4 is 0 Å². The Bertz CT molecular complexity index is 425. The van der Waals surface area contributed by atoms with Gasteiger partial charge in [-0.25, -0.2) is 0 Å². The van der Waals surface area contributed by atoms with Gasteiger partial charge in [0.15, 0.2) is 0 Å². The molecule has 2 rings (SSSR count). The third-order valence-corrected chi connectivity index (χ3v) is 4.33. The van der Waals surface area contributed by atoms with Crippen LogP contribution in [0.25, 0.3) is 0 Å². The van der Waals surface area contributed by atoms with Crippen LogP contribution in [0.3, 0.4) is 0 Å². The number of ether oxygens (including phenoxy) is 1. The summed E-state index contributed by atoms with van der Waals surface area (Å²) in [6.45, 7) is 5.94. The molecule has 1 aromatic rings. The Morgan fingerprint density at radius 3 is 3.00 bits per heavy atom. The molecule has 1 aromatic heterocycles. The molecule has 21 heavy (non-hydrogen) atoms. The van der Waals surface area contributed by atoms with Gasteiger partial charge in [-0.15, -0.1) is 0 Å². The molecule has 1 aliphatic rings. The van der Waals surface area contributed by atoms with Crippen molar-refractivity contribution in [2.75, 3.05) is 13.2 Å². The van der Waals surface area contributed by atoms with E-state index in [-0.39, 0.29) is 0 Å². The molecule has 4 heteroatoms. The van der Waals surface area contributed by atoms with E-state index in [1.807, 2.05) is 19.1 Å². The van der Waals surface area contributed by atoms with Crippen molar-refractivity contribution in [3.63, 3.8) is 0 Å². The molecule has 118 valence electrons. The van der Waals surface area contributed by atoms with Gasteiger partial charge in [-0.2, -0.15) is 0 Å². The zero-order valence-corrected chi connectivity index (χ0v) is 13.2. The Kier molecular flexibility index (Phi) is 6.61. The van der Waals surface area contributed by atoms with Crippen molar-refractivity contribution in [2.45, 2.75) is 58.3 Å². The summed E-state index contributed by atoms with van der Waals surface area (Å²) < 4.78 is 5.88. The molecule has 1 heterocycles. The number of pyridine rings is 1. The first-order chi connectivity index (χ1) is 10.2. The van der Waals surface area contributed by atoms with Crippen LogP contribution < -0.4 is 5.32 Å². The Hall–Kier alpha value is -0.970. The fraction of sp³-hybridized carbons (Fsp3) is 0.706. The van der Waals surface area contributed by atoms with Gasteiger partial charge in [-0.1, -0.05) is 25.8 Å². The maximum Gasteiger partial charge on any atom is 0.0897 e. The zero-order chi connectivity index (χ0) is 15.1. The lowest BCUT2D eigenvalue weighted by atomic mass is 9.88. The van der Waals surface area contributed by atoms with Crippen LogP contribution >= 0.6 is 0 Å². The van der Waals surface area contributed by atoms with Gasteiger partial charge >= 0.3 is 0 Å². The third-order valence-electron chi connectivity index (χ3n) is 4.33. The number of aliphatic hydroxyl groups excluding tert-OH is 1. The maximum atomic E-state index is 10.0. The minimum Gasteiger partial charge on any atom is -0.389 e. The normalized spacial score (nSPS) is 24.0. The van der Waals surface area contributed by atoms with Crippen LogP contribution in [0.4, 0.5) is 0 Å². The van der Waals surface area contributed by atoms with Crippen LogP contribution in [0.5, 0.6) is 0 Å². The quantitative estimate of drug-likeness (QED) is 0.810. The van der Waals surface area contributed by atoms with Crippen molar-refractivity contribution in [1.29, 1.82) is 0 Å². The minimum atomic E-state index is -0.455. The highest BCUT2D eigenvalue weighted by Crippen LogP contribution is 2.26. The van der Waals surface area contributed by atoms with E-state index in [4.69, 9.17) is 4.74 Å². The van der Waals surface area contributed by atoms with Crippen LogP contribution in [0.1, 0.15) is 43.9 Å². The number of rotatable bonds is 7. The highest BCUT2D eigenvalue weighted by atomic mass is 16.5. The molecule has 0 aliphatic heterocycles. The van der Waals surface area contributed by atoms with Gasteiger partial charge in [0.25, 0.3) is 0 Å². The van der Waals surface area contributed by atoms with E-state index in [0.29, 0.717) is 31.7 Å². The predicted octanol–water partition coefficient (Wildman–Crippen LogP) is 2.44. The number of hydrogen-bond acceptors (Lipinski definition) is 4. The summed E-state index contributed by atoms with van der Waals surface area (Å²) in [4.78, 5) is 4.33. The van der Waals surface area contributed by atoms with E-state index in [2.05, 4.69) is 17.2 Å². The van der Waals surface area contributed by atoms with Gasteiger partial charge in [0, 0.05) is 19.3 Å². The first-order valence-electron chi connectivity index (χ1n) is 8.07. The summed E-state index contributed by atoms with van der Waals surface area (Å²) in [5.74, 6) is 0.620. The van der Waals surface area contributed by atoms with E-state index in [9.17, 15) is 5.11 Å². The lowest BCUT2D eigenvalue weighted by Crippen LogP contribution is -2.34. The van der Waals surface area contributed by atoms with Crippen LogP contribution in [0.15, 0.2) is 18.3 Å². The van der Waals surface area contributed by atoms with Crippen molar-refractivity contribution in [3.05, 3.63) is 29.6 Å². The fourth-order valence-corrected chi connectivity index (χ4v) is 2.88. The second-order valence-corrected chi connectivity index (χ2v) is 6.19. The number of hydrogen-bond donors (Lipinski definition) is 2. The van der Waals surface area contributed by atoms with E-state index in [1.165, 1.54) is 24.8 Å². The molecule has 3 atom stereocenters. The summed E-state index contributed by atoms with van der Waals surface area (Å²) in [5.41, 5.74) is 2.21. The summed E-state index contributed by atoms with van der Waals surface area (Å²) in [5, 5.41) is 13.3. The number of nitrogens with zero attached hydrogens (tertiary/aromatic N) is 1. The van der Waals surface area contributed by atoms with Gasteiger partial charge in [-0.3, -0.25) is 4.98 Å². The molecular weight excluding hydrogens is 264 g/mol. The monoisotopic (exact) mass is 292 g/mol. The second kappa shape index (κ2) is 8.47. The molecule has 1 fully saturated rings. The number of aliphatic hydroxyl groups is 1. The smallest absolute Gasteiger partial charge is 0.0897 e. The van der Waals surface area contributed by atoms with Crippen LogP contribution in [-0.2, 0) is 11.3 Å². The topological polar surface area (TPSA) is 54.4 Å². The third kappa shape index (κ3) is 5.38. The summed E-state index contributed by atoms with van der Waals surface area (Å²) >= 11 is 0. The lowest BCUT2D eigenvalue weighted by molar-refractivity contribution is -0.0452. The van der Waals surface area contributed by atoms with Gasteiger partial charge in [0.05, 0.1) is 24.5 Å². The van der Waals surface area contributed by atoms with Gasteiger partial charge in [-0.05, 0) is 37.3 Å². The molecule has 0 aromatic carbocycles. The molecule has 1 aliphatic carbocycles. The van der Waals surface area contributed by atoms with Gasteiger partial charge in [0.1, 0.15) is 0 Å². The molecule has 0 bridgehead atoms. The maximum absolute atomic E-state index is 10.0. The summed E-state index contributed by atoms with van der Waals surface area (Å²) in [7, 11) is 0. The highest BCUT2D eigenvalue weighted by Gasteiger charge is 2.22. The SMILES string of the molecule is Cc1cccnc1CNCC(O)COC1CCCCC1C. The molecule has 1 saturated carbocycles. The predicted molar refractivity (Wildman–Crippen MR) is 84.1 cm³/mol. The summed E-state index contributed by atoms with van der Waals surface area (Å²) in [6, 6.07) is 3.99. The van der Waals surface area contributed by atoms with E-state index < -0.39 is 6.10 Å². The van der Waals surface area contributed by atoms with Crippen LogP contribution in [0.2, 0.25) is 0 Å². The molecule has 0 spiro atoms. The molecule has 0 radical (unpaired) electrons. The molecule has 0 amide bonds. The molecule has 4 nitrogen and oxygen atoms in total. The lowest BCUT2D eigenvalue weighted by Gasteiger charge is -2.29. The zero-order valence-electron chi connectivity index (χ0n) is 13.2. The molecule has 2 N–H and O–H groups in total. The van der Waals surface area contributed by atoms with Crippen LogP contribution in [-0.4, -0.2) is 35.5 Å². The highest BCUT2D eigenvalue weighted by molar-refractivity contribution is 5.17. The number of aromatic nitrogens is 1. The average Bonchev–Trinajstić information content (AvgIpc) is 2.48. The fourth-order valence-electron chi connectivity index (χ4n) is 2.88. The largest absolute Gasteiger partial charge is 0.389 e. The number of nitrogens with one attached hydrogen (secondary N) is 1. The van der Waals surface area contributed by atoms with Crippen LogP contribution in [0, 0.1) is 12.8 Å². The van der Waals surface area contributed by atoms with Crippen molar-refractivity contribution in [3.8, 4) is 0 Å². The molecule has 3 unspecified atom stereocenters. The van der Waals surface area contributed by atoms with Crippen molar-refractivity contribution in [2.24, 2.45) is 5.92 Å². The Morgan fingerprint density at radius 2 is 2.24 bits per heavy atom. The minimum absolute atomic E-state index is 0.325. The Balaban J connectivity index is 1.63. The van der Waals surface area contributed by atoms with Gasteiger partial charge in [0.2, 0.25) is 0 Å².